The van der Waals surface area contributed by atoms with E-state index < -0.39 is 0 Å². The van der Waals surface area contributed by atoms with Crippen molar-refractivity contribution in [3.63, 3.8) is 0 Å². The second-order valence-electron chi connectivity index (χ2n) is 5.63. The van der Waals surface area contributed by atoms with Gasteiger partial charge >= 0.3 is 6.03 Å². The van der Waals surface area contributed by atoms with Crippen LogP contribution < -0.4 is 5.32 Å². The van der Waals surface area contributed by atoms with Crippen LogP contribution in [0.3, 0.4) is 0 Å². The molecule has 20 heavy (non-hydrogen) atoms. The zero-order chi connectivity index (χ0) is 14.5. The summed E-state index contributed by atoms with van der Waals surface area (Å²) in [5.41, 5.74) is 0.891. The van der Waals surface area contributed by atoms with Gasteiger partial charge in [-0.2, -0.15) is 0 Å². The van der Waals surface area contributed by atoms with Gasteiger partial charge in [-0.1, -0.05) is 6.07 Å². The van der Waals surface area contributed by atoms with Crippen LogP contribution in [0.5, 0.6) is 0 Å². The molecular formula is C15H24N4O. The number of piperidine rings is 1. The first-order valence-corrected chi connectivity index (χ1v) is 7.20. The lowest BCUT2D eigenvalue weighted by atomic mass is 10.1. The van der Waals surface area contributed by atoms with Gasteiger partial charge in [0, 0.05) is 25.3 Å². The van der Waals surface area contributed by atoms with Crippen molar-refractivity contribution in [2.75, 3.05) is 27.2 Å². The normalized spacial score (nSPS) is 20.8. The molecule has 1 N–H and O–H groups in total. The summed E-state index contributed by atoms with van der Waals surface area (Å²) in [4.78, 5) is 20.7. The Morgan fingerprint density at radius 1 is 1.50 bits per heavy atom. The summed E-state index contributed by atoms with van der Waals surface area (Å²) in [5.74, 6) is 0. The molecule has 2 atom stereocenters. The van der Waals surface area contributed by atoms with E-state index in [-0.39, 0.29) is 12.1 Å². The molecule has 0 aromatic carbocycles. The van der Waals surface area contributed by atoms with Gasteiger partial charge in [-0.25, -0.2) is 4.79 Å². The highest BCUT2D eigenvalue weighted by atomic mass is 16.2. The highest BCUT2D eigenvalue weighted by Gasteiger charge is 2.25. The van der Waals surface area contributed by atoms with Crippen molar-refractivity contribution < 1.29 is 4.79 Å². The summed E-state index contributed by atoms with van der Waals surface area (Å²) in [5, 5.41) is 3.03. The third kappa shape index (κ3) is 3.70. The van der Waals surface area contributed by atoms with Crippen molar-refractivity contribution in [3.8, 4) is 0 Å². The van der Waals surface area contributed by atoms with Crippen LogP contribution in [-0.2, 0) is 0 Å². The number of carbonyl (C=O) groups is 1. The van der Waals surface area contributed by atoms with Crippen molar-refractivity contribution in [2.24, 2.45) is 0 Å². The van der Waals surface area contributed by atoms with Crippen LogP contribution in [0.4, 0.5) is 4.79 Å². The van der Waals surface area contributed by atoms with Gasteiger partial charge in [-0.05, 0) is 46.0 Å². The van der Waals surface area contributed by atoms with Gasteiger partial charge in [0.1, 0.15) is 0 Å². The van der Waals surface area contributed by atoms with Crippen LogP contribution in [0.2, 0.25) is 0 Å². The van der Waals surface area contributed by atoms with E-state index in [1.165, 1.54) is 0 Å². The average Bonchev–Trinajstić information content (AvgIpc) is 2.48. The summed E-state index contributed by atoms with van der Waals surface area (Å²) in [7, 11) is 4.14. The molecule has 1 fully saturated rings. The fourth-order valence-corrected chi connectivity index (χ4v) is 2.54. The molecule has 1 aromatic heterocycles. The van der Waals surface area contributed by atoms with E-state index in [2.05, 4.69) is 29.3 Å². The minimum absolute atomic E-state index is 0.00898. The maximum Gasteiger partial charge on any atom is 0.317 e. The maximum absolute atomic E-state index is 12.3. The van der Waals surface area contributed by atoms with Crippen LogP contribution in [0.25, 0.3) is 0 Å². The molecule has 1 saturated heterocycles. The zero-order valence-corrected chi connectivity index (χ0v) is 12.5. The quantitative estimate of drug-likeness (QED) is 0.917. The number of amides is 2. The average molecular weight is 276 g/mol. The van der Waals surface area contributed by atoms with Gasteiger partial charge in [0.25, 0.3) is 0 Å². The largest absolute Gasteiger partial charge is 0.330 e. The Morgan fingerprint density at radius 3 is 2.95 bits per heavy atom. The van der Waals surface area contributed by atoms with E-state index >= 15 is 0 Å². The lowest BCUT2D eigenvalue weighted by Gasteiger charge is -2.36. The lowest BCUT2D eigenvalue weighted by molar-refractivity contribution is 0.138. The molecule has 0 radical (unpaired) electrons. The number of rotatable bonds is 3. The van der Waals surface area contributed by atoms with Gasteiger partial charge in [-0.3, -0.25) is 4.98 Å². The number of hydrogen-bond donors (Lipinski definition) is 1. The molecule has 0 unspecified atom stereocenters. The number of likely N-dealkylation sites (N-methyl/N-ethyl adjacent to an activating group) is 1. The van der Waals surface area contributed by atoms with Gasteiger partial charge < -0.3 is 15.1 Å². The summed E-state index contributed by atoms with van der Waals surface area (Å²) < 4.78 is 0. The van der Waals surface area contributed by atoms with Crippen molar-refractivity contribution in [3.05, 3.63) is 30.1 Å². The summed E-state index contributed by atoms with van der Waals surface area (Å²) >= 11 is 0. The number of carbonyl (C=O) groups excluding carboxylic acids is 1. The monoisotopic (exact) mass is 276 g/mol. The summed E-state index contributed by atoms with van der Waals surface area (Å²) in [6, 6.07) is 6.15. The third-order valence-electron chi connectivity index (χ3n) is 3.89. The van der Waals surface area contributed by atoms with Crippen LogP contribution in [0.15, 0.2) is 24.4 Å². The minimum atomic E-state index is -0.0663. The molecule has 0 bridgehead atoms. The first kappa shape index (κ1) is 14.8. The summed E-state index contributed by atoms with van der Waals surface area (Å²) in [6.07, 6.45) is 3.97. The molecule has 110 valence electrons. The fourth-order valence-electron chi connectivity index (χ4n) is 2.54. The van der Waals surface area contributed by atoms with E-state index in [1.54, 1.807) is 6.20 Å². The van der Waals surface area contributed by atoms with Crippen molar-refractivity contribution in [1.82, 2.24) is 20.1 Å². The standard InChI is InChI=1S/C15H24N4O/c1-12(14-8-4-5-9-16-14)17-15(20)19-10-6-7-13(11-19)18(2)3/h4-5,8-9,12-13H,6-7,10-11H2,1-3H3,(H,17,20)/t12-,13+/m1/s1. The molecule has 0 aliphatic carbocycles. The molecule has 0 saturated carbocycles. The smallest absolute Gasteiger partial charge is 0.317 e. The highest BCUT2D eigenvalue weighted by molar-refractivity contribution is 5.74. The van der Waals surface area contributed by atoms with Gasteiger partial charge in [0.2, 0.25) is 0 Å². The van der Waals surface area contributed by atoms with E-state index in [1.807, 2.05) is 30.0 Å². The number of aromatic nitrogens is 1. The molecule has 1 aliphatic rings. The van der Waals surface area contributed by atoms with Crippen molar-refractivity contribution in [1.29, 1.82) is 0 Å². The fraction of sp³-hybridized carbons (Fsp3) is 0.600. The number of pyridine rings is 1. The summed E-state index contributed by atoms with van der Waals surface area (Å²) in [6.45, 7) is 3.60. The number of nitrogens with one attached hydrogen (secondary N) is 1. The first-order valence-electron chi connectivity index (χ1n) is 7.20. The van der Waals surface area contributed by atoms with E-state index in [9.17, 15) is 4.79 Å². The zero-order valence-electron chi connectivity index (χ0n) is 12.5. The number of likely N-dealkylation sites (tertiary alicyclic amines) is 1. The Bertz CT molecular complexity index is 435. The Hall–Kier alpha value is -1.62. The highest BCUT2D eigenvalue weighted by Crippen LogP contribution is 2.15. The lowest BCUT2D eigenvalue weighted by Crippen LogP contribution is -2.51. The Kier molecular flexibility index (Phi) is 4.95. The van der Waals surface area contributed by atoms with Crippen LogP contribution >= 0.6 is 0 Å². The third-order valence-corrected chi connectivity index (χ3v) is 3.89. The van der Waals surface area contributed by atoms with E-state index in [0.717, 1.165) is 31.6 Å². The number of hydrogen-bond acceptors (Lipinski definition) is 3. The molecule has 2 amide bonds. The van der Waals surface area contributed by atoms with Crippen molar-refractivity contribution in [2.45, 2.75) is 31.8 Å². The minimum Gasteiger partial charge on any atom is -0.330 e. The molecule has 5 nitrogen and oxygen atoms in total. The van der Waals surface area contributed by atoms with E-state index in [4.69, 9.17) is 0 Å². The predicted octanol–water partition coefficient (Wildman–Crippen LogP) is 1.88. The van der Waals surface area contributed by atoms with Crippen LogP contribution in [-0.4, -0.2) is 54.0 Å². The predicted molar refractivity (Wildman–Crippen MR) is 79.5 cm³/mol. The van der Waals surface area contributed by atoms with Gasteiger partial charge in [0.05, 0.1) is 11.7 Å². The number of nitrogens with zero attached hydrogens (tertiary/aromatic N) is 3. The van der Waals surface area contributed by atoms with Gasteiger partial charge in [0.15, 0.2) is 0 Å². The molecule has 0 spiro atoms. The SMILES string of the molecule is C[C@@H](NC(=O)N1CCC[C@H](N(C)C)C1)c1ccccn1. The Balaban J connectivity index is 1.91. The second kappa shape index (κ2) is 6.70. The van der Waals surface area contributed by atoms with Crippen LogP contribution in [0.1, 0.15) is 31.5 Å². The molecule has 2 rings (SSSR count). The molecule has 2 heterocycles. The first-order chi connectivity index (χ1) is 9.58. The van der Waals surface area contributed by atoms with Gasteiger partial charge in [-0.15, -0.1) is 0 Å². The Labute approximate surface area is 121 Å². The molecular weight excluding hydrogens is 252 g/mol. The topological polar surface area (TPSA) is 48.5 Å². The van der Waals surface area contributed by atoms with Crippen LogP contribution in [0, 0.1) is 0 Å². The molecule has 1 aliphatic heterocycles. The molecule has 1 aromatic rings. The van der Waals surface area contributed by atoms with Crippen molar-refractivity contribution >= 4 is 6.03 Å². The maximum atomic E-state index is 12.3. The number of urea groups is 1. The van der Waals surface area contributed by atoms with E-state index in [0.29, 0.717) is 6.04 Å². The second-order valence-corrected chi connectivity index (χ2v) is 5.63. The molecule has 5 heteroatoms. The Morgan fingerprint density at radius 2 is 2.30 bits per heavy atom.